The first-order valence-corrected chi connectivity index (χ1v) is 6.68. The van der Waals surface area contributed by atoms with E-state index in [1.54, 1.807) is 6.26 Å². The molecule has 1 aromatic rings. The average Bonchev–Trinajstić information content (AvgIpc) is 2.64. The van der Waals surface area contributed by atoms with Gasteiger partial charge in [0.05, 0.1) is 6.26 Å². The lowest BCUT2D eigenvalue weighted by atomic mass is 10.1. The molecule has 0 radical (unpaired) electrons. The van der Waals surface area contributed by atoms with E-state index in [9.17, 15) is 4.79 Å². The minimum atomic E-state index is -0.0138. The molecule has 1 atom stereocenters. The van der Waals surface area contributed by atoms with Crippen LogP contribution in [0.2, 0.25) is 0 Å². The smallest absolute Gasteiger partial charge is 0.290 e. The highest BCUT2D eigenvalue weighted by molar-refractivity contribution is 6.18. The van der Waals surface area contributed by atoms with Crippen molar-refractivity contribution >= 4 is 17.5 Å². The third-order valence-electron chi connectivity index (χ3n) is 3.37. The van der Waals surface area contributed by atoms with Crippen molar-refractivity contribution in [1.82, 2.24) is 4.90 Å². The summed E-state index contributed by atoms with van der Waals surface area (Å²) in [6, 6.07) is 1.97. The number of likely N-dealkylation sites (tertiary alicyclic amines) is 1. The molecule has 2 heterocycles. The third-order valence-corrected chi connectivity index (χ3v) is 3.73. The lowest BCUT2D eigenvalue weighted by molar-refractivity contribution is 0.0666. The number of furan rings is 1. The monoisotopic (exact) mass is 255 g/mol. The molecule has 4 heteroatoms. The van der Waals surface area contributed by atoms with E-state index in [1.807, 2.05) is 17.9 Å². The quantitative estimate of drug-likeness (QED) is 0.761. The van der Waals surface area contributed by atoms with Crippen LogP contribution >= 0.6 is 11.6 Å². The summed E-state index contributed by atoms with van der Waals surface area (Å²) in [6.07, 6.45) is 5.94. The van der Waals surface area contributed by atoms with Gasteiger partial charge in [-0.15, -0.1) is 11.6 Å². The fourth-order valence-corrected chi connectivity index (χ4v) is 2.65. The van der Waals surface area contributed by atoms with Crippen LogP contribution in [0.3, 0.4) is 0 Å². The minimum Gasteiger partial charge on any atom is -0.459 e. The van der Waals surface area contributed by atoms with Crippen molar-refractivity contribution in [2.45, 2.75) is 38.6 Å². The number of hydrogen-bond donors (Lipinski definition) is 0. The van der Waals surface area contributed by atoms with Gasteiger partial charge >= 0.3 is 0 Å². The van der Waals surface area contributed by atoms with E-state index in [1.165, 1.54) is 6.42 Å². The topological polar surface area (TPSA) is 33.5 Å². The normalized spacial score (nSPS) is 21.3. The first-order chi connectivity index (χ1) is 8.24. The van der Waals surface area contributed by atoms with Gasteiger partial charge in [-0.3, -0.25) is 4.79 Å². The zero-order valence-corrected chi connectivity index (χ0v) is 10.9. The summed E-state index contributed by atoms with van der Waals surface area (Å²) >= 11 is 5.97. The lowest BCUT2D eigenvalue weighted by Gasteiger charge is -2.27. The maximum absolute atomic E-state index is 12.4. The van der Waals surface area contributed by atoms with Gasteiger partial charge in [0.1, 0.15) is 0 Å². The molecule has 1 unspecified atom stereocenters. The van der Waals surface area contributed by atoms with Crippen LogP contribution in [0, 0.1) is 6.92 Å². The number of carbonyl (C=O) groups excluding carboxylic acids is 1. The van der Waals surface area contributed by atoms with Gasteiger partial charge in [0, 0.05) is 24.0 Å². The van der Waals surface area contributed by atoms with Gasteiger partial charge in [0.2, 0.25) is 0 Å². The van der Waals surface area contributed by atoms with Gasteiger partial charge in [-0.25, -0.2) is 0 Å². The second-order valence-electron chi connectivity index (χ2n) is 4.59. The van der Waals surface area contributed by atoms with Crippen LogP contribution in [0.4, 0.5) is 0 Å². The average molecular weight is 256 g/mol. The van der Waals surface area contributed by atoms with Gasteiger partial charge in [0.25, 0.3) is 5.91 Å². The molecule has 0 aromatic carbocycles. The number of halogens is 1. The van der Waals surface area contributed by atoms with Crippen molar-refractivity contribution in [1.29, 1.82) is 0 Å². The Kier molecular flexibility index (Phi) is 4.11. The van der Waals surface area contributed by atoms with Crippen LogP contribution in [0.1, 0.15) is 41.8 Å². The first kappa shape index (κ1) is 12.5. The van der Waals surface area contributed by atoms with E-state index in [-0.39, 0.29) is 11.9 Å². The second kappa shape index (κ2) is 5.58. The van der Waals surface area contributed by atoms with Gasteiger partial charge in [-0.2, -0.15) is 0 Å². The van der Waals surface area contributed by atoms with Crippen LogP contribution < -0.4 is 0 Å². The van der Waals surface area contributed by atoms with Crippen LogP contribution in [0.5, 0.6) is 0 Å². The van der Waals surface area contributed by atoms with Crippen molar-refractivity contribution in [3.63, 3.8) is 0 Å². The Bertz CT molecular complexity index is 389. The SMILES string of the molecule is Cc1ccoc1C(=O)N1CCCCCC1CCl. The predicted molar refractivity (Wildman–Crippen MR) is 67.5 cm³/mol. The van der Waals surface area contributed by atoms with E-state index in [0.29, 0.717) is 11.6 Å². The number of hydrogen-bond acceptors (Lipinski definition) is 2. The molecule has 1 aliphatic rings. The molecule has 94 valence electrons. The molecule has 0 aliphatic carbocycles. The number of aryl methyl sites for hydroxylation is 1. The second-order valence-corrected chi connectivity index (χ2v) is 4.90. The maximum atomic E-state index is 12.4. The van der Waals surface area contributed by atoms with Gasteiger partial charge in [-0.1, -0.05) is 12.8 Å². The molecule has 1 amide bonds. The molecular weight excluding hydrogens is 238 g/mol. The Balaban J connectivity index is 2.18. The predicted octanol–water partition coefficient (Wildman–Crippen LogP) is 3.21. The highest BCUT2D eigenvalue weighted by atomic mass is 35.5. The molecule has 1 aliphatic heterocycles. The van der Waals surface area contributed by atoms with Crippen LogP contribution in [0.15, 0.2) is 16.7 Å². The molecular formula is C13H18ClNO2. The van der Waals surface area contributed by atoms with E-state index in [2.05, 4.69) is 0 Å². The Morgan fingerprint density at radius 2 is 2.35 bits per heavy atom. The molecule has 1 fully saturated rings. The molecule has 1 aromatic heterocycles. The molecule has 0 saturated carbocycles. The van der Waals surface area contributed by atoms with Crippen molar-refractivity contribution < 1.29 is 9.21 Å². The van der Waals surface area contributed by atoms with E-state index < -0.39 is 0 Å². The Morgan fingerprint density at radius 1 is 1.53 bits per heavy atom. The zero-order chi connectivity index (χ0) is 12.3. The van der Waals surface area contributed by atoms with Crippen molar-refractivity contribution in [2.24, 2.45) is 0 Å². The third kappa shape index (κ3) is 2.65. The highest BCUT2D eigenvalue weighted by Gasteiger charge is 2.28. The van der Waals surface area contributed by atoms with Crippen LogP contribution in [-0.4, -0.2) is 29.3 Å². The lowest BCUT2D eigenvalue weighted by Crippen LogP contribution is -2.41. The Hall–Kier alpha value is -0.960. The van der Waals surface area contributed by atoms with Gasteiger partial charge < -0.3 is 9.32 Å². The van der Waals surface area contributed by atoms with Crippen molar-refractivity contribution in [2.75, 3.05) is 12.4 Å². The van der Waals surface area contributed by atoms with E-state index in [0.717, 1.165) is 31.4 Å². The number of alkyl halides is 1. The van der Waals surface area contributed by atoms with E-state index >= 15 is 0 Å². The summed E-state index contributed by atoms with van der Waals surface area (Å²) in [6.45, 7) is 2.68. The minimum absolute atomic E-state index is 0.0138. The molecule has 2 rings (SSSR count). The standard InChI is InChI=1S/C13H18ClNO2/c1-10-6-8-17-12(10)13(16)15-7-4-2-3-5-11(15)9-14/h6,8,11H,2-5,7,9H2,1H3. The number of nitrogens with zero attached hydrogens (tertiary/aromatic N) is 1. The van der Waals surface area contributed by atoms with Gasteiger partial charge in [0.15, 0.2) is 5.76 Å². The molecule has 3 nitrogen and oxygen atoms in total. The number of carbonyl (C=O) groups is 1. The van der Waals surface area contributed by atoms with Crippen molar-refractivity contribution in [3.8, 4) is 0 Å². The fraction of sp³-hybridized carbons (Fsp3) is 0.615. The summed E-state index contributed by atoms with van der Waals surface area (Å²) in [5.74, 6) is 0.952. The molecule has 0 N–H and O–H groups in total. The van der Waals surface area contributed by atoms with Crippen molar-refractivity contribution in [3.05, 3.63) is 23.7 Å². The first-order valence-electron chi connectivity index (χ1n) is 6.15. The fourth-order valence-electron chi connectivity index (χ4n) is 2.33. The van der Waals surface area contributed by atoms with Crippen LogP contribution in [-0.2, 0) is 0 Å². The van der Waals surface area contributed by atoms with Crippen LogP contribution in [0.25, 0.3) is 0 Å². The summed E-state index contributed by atoms with van der Waals surface area (Å²) in [5.41, 5.74) is 0.896. The Morgan fingerprint density at radius 3 is 3.00 bits per heavy atom. The zero-order valence-electron chi connectivity index (χ0n) is 10.1. The summed E-state index contributed by atoms with van der Waals surface area (Å²) in [5, 5.41) is 0. The summed E-state index contributed by atoms with van der Waals surface area (Å²) in [4.78, 5) is 14.3. The number of amides is 1. The molecule has 0 spiro atoms. The molecule has 0 bridgehead atoms. The number of rotatable bonds is 2. The maximum Gasteiger partial charge on any atom is 0.290 e. The Labute approximate surface area is 107 Å². The summed E-state index contributed by atoms with van der Waals surface area (Å²) < 4.78 is 5.28. The summed E-state index contributed by atoms with van der Waals surface area (Å²) in [7, 11) is 0. The molecule has 1 saturated heterocycles. The highest BCUT2D eigenvalue weighted by Crippen LogP contribution is 2.21. The van der Waals surface area contributed by atoms with E-state index in [4.69, 9.17) is 16.0 Å². The van der Waals surface area contributed by atoms with Gasteiger partial charge in [-0.05, 0) is 25.8 Å². The largest absolute Gasteiger partial charge is 0.459 e. The molecule has 17 heavy (non-hydrogen) atoms.